The Morgan fingerprint density at radius 3 is 2.94 bits per heavy atom. The first-order valence-electron chi connectivity index (χ1n) is 5.72. The molecule has 0 amide bonds. The lowest BCUT2D eigenvalue weighted by molar-refractivity contribution is 0.110. The smallest absolute Gasteiger partial charge is 0.120 e. The van der Waals surface area contributed by atoms with Crippen LogP contribution in [0.15, 0.2) is 24.3 Å². The molecule has 0 saturated heterocycles. The molecule has 0 bridgehead atoms. The predicted octanol–water partition coefficient (Wildman–Crippen LogP) is 3.08. The fraction of sp³-hybridized carbons (Fsp3) is 0.429. The average Bonchev–Trinajstić information content (AvgIpc) is 2.36. The van der Waals surface area contributed by atoms with Gasteiger partial charge in [0.15, 0.2) is 0 Å². The van der Waals surface area contributed by atoms with Crippen molar-refractivity contribution in [3.8, 4) is 17.6 Å². The number of hydrogen-bond acceptors (Lipinski definition) is 2. The number of hydrogen-bond donors (Lipinski definition) is 0. The first-order valence-corrected chi connectivity index (χ1v) is 6.25. The van der Waals surface area contributed by atoms with Crippen LogP contribution in [0.4, 0.5) is 0 Å². The molecule has 0 atom stereocenters. The first kappa shape index (κ1) is 13.9. The van der Waals surface area contributed by atoms with Gasteiger partial charge in [-0.3, -0.25) is 0 Å². The van der Waals surface area contributed by atoms with Gasteiger partial charge in [-0.15, -0.1) is 11.6 Å². The largest absolute Gasteiger partial charge is 0.491 e. The third-order valence-corrected chi connectivity index (χ3v) is 2.18. The van der Waals surface area contributed by atoms with Gasteiger partial charge >= 0.3 is 0 Å². The Morgan fingerprint density at radius 1 is 1.29 bits per heavy atom. The zero-order valence-electron chi connectivity index (χ0n) is 10.0. The van der Waals surface area contributed by atoms with Gasteiger partial charge in [0.05, 0.1) is 6.61 Å². The van der Waals surface area contributed by atoms with Gasteiger partial charge in [0.2, 0.25) is 0 Å². The van der Waals surface area contributed by atoms with Crippen LogP contribution in [0.5, 0.6) is 5.75 Å². The van der Waals surface area contributed by atoms with E-state index in [4.69, 9.17) is 21.1 Å². The second-order valence-electron chi connectivity index (χ2n) is 3.31. The van der Waals surface area contributed by atoms with Crippen LogP contribution < -0.4 is 4.74 Å². The zero-order chi connectivity index (χ0) is 12.3. The molecule has 3 heteroatoms. The van der Waals surface area contributed by atoms with Crippen LogP contribution in [0.2, 0.25) is 0 Å². The van der Waals surface area contributed by atoms with Crippen LogP contribution in [0.1, 0.15) is 18.9 Å². The van der Waals surface area contributed by atoms with E-state index in [9.17, 15) is 0 Å². The normalized spacial score (nSPS) is 9.53. The standard InChI is InChI=1S/C14H17ClO2/c1-2-16-10-11-17-14-8-5-7-13(12-14)6-3-4-9-15/h5,7-8,12H,2,4,9-11H2,1H3. The molecule has 2 nitrogen and oxygen atoms in total. The van der Waals surface area contributed by atoms with Crippen molar-refractivity contribution in [3.05, 3.63) is 29.8 Å². The summed E-state index contributed by atoms with van der Waals surface area (Å²) in [6.07, 6.45) is 0.705. The van der Waals surface area contributed by atoms with Crippen LogP contribution in [0, 0.1) is 11.8 Å². The number of alkyl halides is 1. The second kappa shape index (κ2) is 8.92. The first-order chi connectivity index (χ1) is 8.36. The Balaban J connectivity index is 2.46. The fourth-order valence-corrected chi connectivity index (χ4v) is 1.33. The maximum Gasteiger partial charge on any atom is 0.120 e. The maximum absolute atomic E-state index is 5.56. The van der Waals surface area contributed by atoms with E-state index in [1.807, 2.05) is 31.2 Å². The van der Waals surface area contributed by atoms with Crippen LogP contribution in [0.25, 0.3) is 0 Å². The van der Waals surface area contributed by atoms with Gasteiger partial charge in [-0.05, 0) is 25.1 Å². The molecule has 0 aliphatic heterocycles. The van der Waals surface area contributed by atoms with Crippen LogP contribution in [-0.4, -0.2) is 25.7 Å². The summed E-state index contributed by atoms with van der Waals surface area (Å²) >= 11 is 5.56. The molecular weight excluding hydrogens is 236 g/mol. The number of rotatable bonds is 6. The molecule has 1 aromatic rings. The summed E-state index contributed by atoms with van der Waals surface area (Å²) < 4.78 is 10.7. The van der Waals surface area contributed by atoms with Gasteiger partial charge in [0, 0.05) is 24.5 Å². The van der Waals surface area contributed by atoms with Crippen molar-refractivity contribution in [3.63, 3.8) is 0 Å². The van der Waals surface area contributed by atoms with Gasteiger partial charge in [0.1, 0.15) is 12.4 Å². The minimum absolute atomic E-state index is 0.562. The molecule has 0 radical (unpaired) electrons. The average molecular weight is 253 g/mol. The summed E-state index contributed by atoms with van der Waals surface area (Å²) in [5, 5.41) is 0. The van der Waals surface area contributed by atoms with Crippen molar-refractivity contribution < 1.29 is 9.47 Å². The molecule has 1 rings (SSSR count). The van der Waals surface area contributed by atoms with E-state index in [0.717, 1.165) is 11.3 Å². The van der Waals surface area contributed by atoms with Crippen molar-refractivity contribution in [2.24, 2.45) is 0 Å². The predicted molar refractivity (Wildman–Crippen MR) is 70.6 cm³/mol. The highest BCUT2D eigenvalue weighted by atomic mass is 35.5. The highest BCUT2D eigenvalue weighted by Gasteiger charge is 1.94. The van der Waals surface area contributed by atoms with Gasteiger partial charge in [-0.2, -0.15) is 0 Å². The van der Waals surface area contributed by atoms with Crippen LogP contribution >= 0.6 is 11.6 Å². The van der Waals surface area contributed by atoms with E-state index in [-0.39, 0.29) is 0 Å². The lowest BCUT2D eigenvalue weighted by Crippen LogP contribution is -2.06. The van der Waals surface area contributed by atoms with Crippen molar-refractivity contribution in [1.29, 1.82) is 0 Å². The van der Waals surface area contributed by atoms with Gasteiger partial charge in [-0.25, -0.2) is 0 Å². The lowest BCUT2D eigenvalue weighted by atomic mass is 10.2. The summed E-state index contributed by atoms with van der Waals surface area (Å²) in [6.45, 7) is 3.85. The molecule has 0 aromatic heterocycles. The Hall–Kier alpha value is -1.17. The highest BCUT2D eigenvalue weighted by molar-refractivity contribution is 6.18. The summed E-state index contributed by atoms with van der Waals surface area (Å²) in [7, 11) is 0. The molecule has 0 aliphatic rings. The number of halogens is 1. The summed E-state index contributed by atoms with van der Waals surface area (Å²) in [5.41, 5.74) is 0.948. The van der Waals surface area contributed by atoms with Gasteiger partial charge in [0.25, 0.3) is 0 Å². The molecule has 0 fully saturated rings. The molecular formula is C14H17ClO2. The zero-order valence-corrected chi connectivity index (χ0v) is 10.8. The van der Waals surface area contributed by atoms with E-state index in [2.05, 4.69) is 11.8 Å². The van der Waals surface area contributed by atoms with Crippen LogP contribution in [0.3, 0.4) is 0 Å². The molecule has 92 valence electrons. The van der Waals surface area contributed by atoms with Gasteiger partial charge in [-0.1, -0.05) is 17.9 Å². The number of ether oxygens (including phenoxy) is 2. The van der Waals surface area contributed by atoms with E-state index in [0.29, 0.717) is 32.1 Å². The highest BCUT2D eigenvalue weighted by Crippen LogP contribution is 2.12. The third kappa shape index (κ3) is 6.21. The van der Waals surface area contributed by atoms with Crippen molar-refractivity contribution in [2.75, 3.05) is 25.7 Å². The topological polar surface area (TPSA) is 18.5 Å². The van der Waals surface area contributed by atoms with Crippen molar-refractivity contribution in [2.45, 2.75) is 13.3 Å². The van der Waals surface area contributed by atoms with E-state index in [1.165, 1.54) is 0 Å². The minimum atomic E-state index is 0.562. The number of benzene rings is 1. The summed E-state index contributed by atoms with van der Waals surface area (Å²) in [4.78, 5) is 0. The summed E-state index contributed by atoms with van der Waals surface area (Å²) in [6, 6.07) is 7.73. The maximum atomic E-state index is 5.56. The quantitative estimate of drug-likeness (QED) is 0.440. The van der Waals surface area contributed by atoms with Crippen molar-refractivity contribution >= 4 is 11.6 Å². The molecule has 0 N–H and O–H groups in total. The van der Waals surface area contributed by atoms with E-state index >= 15 is 0 Å². The van der Waals surface area contributed by atoms with Gasteiger partial charge < -0.3 is 9.47 Å². The fourth-order valence-electron chi connectivity index (χ4n) is 1.24. The monoisotopic (exact) mass is 252 g/mol. The van der Waals surface area contributed by atoms with Crippen molar-refractivity contribution in [1.82, 2.24) is 0 Å². The molecule has 1 aromatic carbocycles. The third-order valence-electron chi connectivity index (χ3n) is 1.99. The Kier molecular flexibility index (Phi) is 7.29. The second-order valence-corrected chi connectivity index (χ2v) is 3.69. The SMILES string of the molecule is CCOCCOc1cccc(C#CCCCl)c1. The Labute approximate surface area is 108 Å². The minimum Gasteiger partial charge on any atom is -0.491 e. The van der Waals surface area contributed by atoms with E-state index < -0.39 is 0 Å². The molecule has 0 spiro atoms. The molecule has 0 saturated carbocycles. The Morgan fingerprint density at radius 2 is 2.18 bits per heavy atom. The Bertz CT molecular complexity index is 379. The molecule has 0 heterocycles. The molecule has 0 aliphatic carbocycles. The molecule has 17 heavy (non-hydrogen) atoms. The summed E-state index contributed by atoms with van der Waals surface area (Å²) in [5.74, 6) is 7.42. The lowest BCUT2D eigenvalue weighted by Gasteiger charge is -2.06. The molecule has 0 unspecified atom stereocenters. The van der Waals surface area contributed by atoms with Crippen LogP contribution in [-0.2, 0) is 4.74 Å². The van der Waals surface area contributed by atoms with E-state index in [1.54, 1.807) is 0 Å².